The largest absolute Gasteiger partial charge is 0.492 e. The molecule has 1 N–H and O–H groups in total. The van der Waals surface area contributed by atoms with Crippen LogP contribution in [0.1, 0.15) is 46.4 Å². The molecule has 0 saturated carbocycles. The van der Waals surface area contributed by atoms with E-state index in [1.54, 1.807) is 24.1 Å². The highest BCUT2D eigenvalue weighted by Crippen LogP contribution is 2.33. The Kier molecular flexibility index (Phi) is 9.64. The number of carbonyl (C=O) groups excluding carboxylic acids is 3. The molecule has 240 valence electrons. The number of benzene rings is 2. The lowest BCUT2D eigenvalue weighted by molar-refractivity contribution is -0.186. The summed E-state index contributed by atoms with van der Waals surface area (Å²) in [6.45, 7) is 6.10. The zero-order chi connectivity index (χ0) is 31.3. The maximum atomic E-state index is 13.2. The fourth-order valence-electron chi connectivity index (χ4n) is 6.07. The van der Waals surface area contributed by atoms with Gasteiger partial charge in [0, 0.05) is 75.5 Å². The summed E-state index contributed by atoms with van der Waals surface area (Å²) < 4.78 is 19.3. The number of amides is 4. The molecular formula is C33H41N5O7. The van der Waals surface area contributed by atoms with Crippen molar-refractivity contribution in [1.29, 1.82) is 0 Å². The van der Waals surface area contributed by atoms with Crippen LogP contribution < -0.4 is 10.2 Å². The van der Waals surface area contributed by atoms with E-state index in [1.165, 1.54) is 11.9 Å². The summed E-state index contributed by atoms with van der Waals surface area (Å²) in [6.07, 6.45) is 2.44. The Labute approximate surface area is 262 Å². The molecule has 12 nitrogen and oxygen atoms in total. The summed E-state index contributed by atoms with van der Waals surface area (Å²) in [5.41, 5.74) is 6.67. The predicted molar refractivity (Wildman–Crippen MR) is 166 cm³/mol. The van der Waals surface area contributed by atoms with Gasteiger partial charge in [0.05, 0.1) is 26.2 Å². The minimum atomic E-state index is -0.421. The molecule has 1 aromatic heterocycles. The smallest absolute Gasteiger partial charge is 0.326 e. The van der Waals surface area contributed by atoms with Crippen LogP contribution >= 0.6 is 0 Å². The van der Waals surface area contributed by atoms with Crippen LogP contribution in [0.4, 0.5) is 4.79 Å². The minimum absolute atomic E-state index is 0.107. The molecule has 3 aliphatic rings. The molecule has 0 aliphatic carbocycles. The number of ether oxygens (including phenoxy) is 3. The van der Waals surface area contributed by atoms with Crippen LogP contribution in [-0.4, -0.2) is 104 Å². The highest BCUT2D eigenvalue weighted by atomic mass is 16.8. The Bertz CT molecular complexity index is 1530. The number of rotatable bonds is 9. The van der Waals surface area contributed by atoms with Gasteiger partial charge in [-0.3, -0.25) is 19.4 Å². The molecule has 2 aromatic carbocycles. The second-order valence-electron chi connectivity index (χ2n) is 11.8. The van der Waals surface area contributed by atoms with Gasteiger partial charge in [-0.05, 0) is 54.3 Å². The lowest BCUT2D eigenvalue weighted by atomic mass is 10.1. The summed E-state index contributed by atoms with van der Waals surface area (Å²) in [6, 6.07) is 13.0. The minimum Gasteiger partial charge on any atom is -0.492 e. The van der Waals surface area contributed by atoms with E-state index in [0.29, 0.717) is 31.9 Å². The van der Waals surface area contributed by atoms with Gasteiger partial charge in [0.15, 0.2) is 6.29 Å². The summed E-state index contributed by atoms with van der Waals surface area (Å²) >= 11 is 0. The molecule has 2 fully saturated rings. The van der Waals surface area contributed by atoms with E-state index in [0.717, 1.165) is 85.6 Å². The first kappa shape index (κ1) is 31.0. The molecule has 3 aliphatic heterocycles. The summed E-state index contributed by atoms with van der Waals surface area (Å²) in [5, 5.41) is 0.927. The predicted octanol–water partition coefficient (Wildman–Crippen LogP) is 3.15. The maximum absolute atomic E-state index is 13.2. The molecule has 2 saturated heterocycles. The number of likely N-dealkylation sites (N-methyl/N-ethyl adjacent to an activating group) is 1. The molecule has 4 amide bonds. The van der Waals surface area contributed by atoms with Crippen molar-refractivity contribution in [3.05, 3.63) is 64.8 Å². The van der Waals surface area contributed by atoms with E-state index in [-0.39, 0.29) is 24.3 Å². The number of nitrogens with one attached hydrogen (secondary N) is 1. The third kappa shape index (κ3) is 7.14. The second kappa shape index (κ2) is 14.0. The first-order valence-corrected chi connectivity index (χ1v) is 15.6. The van der Waals surface area contributed by atoms with Crippen molar-refractivity contribution >= 4 is 28.7 Å². The van der Waals surface area contributed by atoms with Gasteiger partial charge in [-0.25, -0.2) is 15.1 Å². The Morgan fingerprint density at radius 3 is 2.58 bits per heavy atom. The molecule has 0 radical (unpaired) electrons. The van der Waals surface area contributed by atoms with Gasteiger partial charge in [0.2, 0.25) is 5.91 Å². The van der Waals surface area contributed by atoms with E-state index < -0.39 is 6.29 Å². The van der Waals surface area contributed by atoms with E-state index in [2.05, 4.69) is 14.9 Å². The van der Waals surface area contributed by atoms with Crippen molar-refractivity contribution in [2.75, 3.05) is 60.2 Å². The third-order valence-electron chi connectivity index (χ3n) is 8.72. The van der Waals surface area contributed by atoms with Crippen molar-refractivity contribution in [2.24, 2.45) is 0 Å². The lowest BCUT2D eigenvalue weighted by Gasteiger charge is -2.27. The number of hydrogen-bond donors (Lipinski definition) is 1. The topological polar surface area (TPSA) is 115 Å². The molecule has 1 atom stereocenters. The SMILES string of the molecule is CN1Cc2c(c3cc(OCCN4CCOCC4)ccc3n2Cc2ccc(C(=O)NOC3CCCCO3)cc2)CC(=O)N(C)C1=O. The van der Waals surface area contributed by atoms with Gasteiger partial charge in [-0.1, -0.05) is 12.1 Å². The van der Waals surface area contributed by atoms with Gasteiger partial charge in [0.25, 0.3) is 5.91 Å². The Morgan fingerprint density at radius 1 is 1.02 bits per heavy atom. The van der Waals surface area contributed by atoms with E-state index in [9.17, 15) is 14.4 Å². The number of fused-ring (bicyclic) bond motifs is 3. The van der Waals surface area contributed by atoms with Gasteiger partial charge in [0.1, 0.15) is 12.4 Å². The van der Waals surface area contributed by atoms with Gasteiger partial charge >= 0.3 is 6.03 Å². The van der Waals surface area contributed by atoms with Gasteiger partial charge in [-0.2, -0.15) is 0 Å². The van der Waals surface area contributed by atoms with E-state index in [1.807, 2.05) is 30.3 Å². The Hall–Kier alpha value is -3.97. The van der Waals surface area contributed by atoms with Gasteiger partial charge < -0.3 is 23.7 Å². The summed E-state index contributed by atoms with van der Waals surface area (Å²) in [7, 11) is 3.23. The Morgan fingerprint density at radius 2 is 1.82 bits per heavy atom. The number of carbonyl (C=O) groups is 3. The van der Waals surface area contributed by atoms with Crippen LogP contribution in [0.3, 0.4) is 0 Å². The number of hydroxylamine groups is 1. The average Bonchev–Trinajstić information content (AvgIpc) is 3.33. The van der Waals surface area contributed by atoms with Crippen molar-refractivity contribution in [2.45, 2.75) is 45.1 Å². The van der Waals surface area contributed by atoms with Crippen molar-refractivity contribution in [3.63, 3.8) is 0 Å². The molecule has 12 heteroatoms. The van der Waals surface area contributed by atoms with Crippen molar-refractivity contribution in [3.8, 4) is 5.75 Å². The second-order valence-corrected chi connectivity index (χ2v) is 11.8. The van der Waals surface area contributed by atoms with E-state index in [4.69, 9.17) is 19.0 Å². The molecule has 0 bridgehead atoms. The number of urea groups is 1. The molecule has 6 rings (SSSR count). The lowest BCUT2D eigenvalue weighted by Crippen LogP contribution is -2.44. The van der Waals surface area contributed by atoms with Crippen molar-refractivity contribution < 1.29 is 33.4 Å². The number of imide groups is 1. The van der Waals surface area contributed by atoms with E-state index >= 15 is 0 Å². The normalized spacial score (nSPS) is 19.7. The zero-order valence-electron chi connectivity index (χ0n) is 26.0. The van der Waals surface area contributed by atoms with Gasteiger partial charge in [-0.15, -0.1) is 0 Å². The molecule has 3 aromatic rings. The molecule has 1 unspecified atom stereocenters. The molecular weight excluding hydrogens is 578 g/mol. The van der Waals surface area contributed by atoms with Crippen LogP contribution in [0.5, 0.6) is 5.75 Å². The summed E-state index contributed by atoms with van der Waals surface area (Å²) in [5.74, 6) is 0.136. The average molecular weight is 620 g/mol. The third-order valence-corrected chi connectivity index (χ3v) is 8.72. The van der Waals surface area contributed by atoms with Crippen LogP contribution in [0.2, 0.25) is 0 Å². The number of morpholine rings is 1. The number of aromatic nitrogens is 1. The molecule has 0 spiro atoms. The van der Waals surface area contributed by atoms with Crippen LogP contribution in [0.25, 0.3) is 10.9 Å². The highest BCUT2D eigenvalue weighted by Gasteiger charge is 2.30. The van der Waals surface area contributed by atoms with Crippen molar-refractivity contribution in [1.82, 2.24) is 24.7 Å². The number of hydrogen-bond acceptors (Lipinski definition) is 8. The molecule has 45 heavy (non-hydrogen) atoms. The first-order valence-electron chi connectivity index (χ1n) is 15.6. The monoisotopic (exact) mass is 619 g/mol. The van der Waals surface area contributed by atoms with Crippen LogP contribution in [-0.2, 0) is 38.6 Å². The highest BCUT2D eigenvalue weighted by molar-refractivity contribution is 5.99. The van der Waals surface area contributed by atoms with Crippen LogP contribution in [0.15, 0.2) is 42.5 Å². The molecule has 4 heterocycles. The standard InChI is InChI=1S/C33H41N5O7/c1-35-22-29-27(20-30(39)36(2)33(35)41)26-19-25(43-18-14-37-12-16-42-17-13-37)10-11-28(26)38(29)21-23-6-8-24(9-7-23)32(40)34-45-31-5-3-4-15-44-31/h6-11,19,31H,3-5,12-18,20-22H2,1-2H3,(H,34,40). The Balaban J connectivity index is 1.24. The first-order chi connectivity index (χ1) is 21.9. The zero-order valence-corrected chi connectivity index (χ0v) is 26.0. The van der Waals surface area contributed by atoms with Crippen LogP contribution in [0, 0.1) is 0 Å². The summed E-state index contributed by atoms with van der Waals surface area (Å²) in [4.78, 5) is 49.2. The fourth-order valence-corrected chi connectivity index (χ4v) is 6.07. The quantitative estimate of drug-likeness (QED) is 0.364. The fraction of sp³-hybridized carbons (Fsp3) is 0.485. The maximum Gasteiger partial charge on any atom is 0.326 e. The number of nitrogens with zero attached hydrogens (tertiary/aromatic N) is 4.